The third kappa shape index (κ3) is 2.32. The lowest BCUT2D eigenvalue weighted by Crippen LogP contribution is -2.42. The molecule has 0 aliphatic heterocycles. The molecule has 4 atom stereocenters. The predicted molar refractivity (Wildman–Crippen MR) is 47.2 cm³/mol. The maximum Gasteiger partial charge on any atom is 0.185 e. The molecule has 0 N–H and O–H groups in total. The maximum atomic E-state index is 13.2. The summed E-state index contributed by atoms with van der Waals surface area (Å²) in [4.78, 5) is 0. The summed E-state index contributed by atoms with van der Waals surface area (Å²) in [5, 5.41) is 0. The van der Waals surface area contributed by atoms with Crippen molar-refractivity contribution in [1.82, 2.24) is 0 Å². The van der Waals surface area contributed by atoms with Crippen molar-refractivity contribution in [2.75, 3.05) is 0 Å². The molecular weight excluding hydrogens is 215 g/mol. The fraction of sp³-hybridized carbons (Fsp3) is 0.800. The highest BCUT2D eigenvalue weighted by molar-refractivity contribution is 5.25. The predicted octanol–water partition coefficient (Wildman–Crippen LogP) is 3.62. The van der Waals surface area contributed by atoms with Crippen LogP contribution in [0.5, 0.6) is 0 Å². The van der Waals surface area contributed by atoms with Gasteiger partial charge in [-0.1, -0.05) is 13.8 Å². The SMILES string of the molecule is CC(C)CC1=C(F)[C@H](F)C(F)C(F)[C@@H]1F. The molecular formula is C10H13F5. The Morgan fingerprint density at radius 2 is 1.47 bits per heavy atom. The fourth-order valence-electron chi connectivity index (χ4n) is 1.61. The quantitative estimate of drug-likeness (QED) is 0.633. The Morgan fingerprint density at radius 1 is 1.00 bits per heavy atom. The Bertz CT molecular complexity index is 261. The van der Waals surface area contributed by atoms with Crippen molar-refractivity contribution >= 4 is 0 Å². The van der Waals surface area contributed by atoms with Gasteiger partial charge in [-0.3, -0.25) is 0 Å². The molecule has 0 fully saturated rings. The van der Waals surface area contributed by atoms with Crippen molar-refractivity contribution in [1.29, 1.82) is 0 Å². The molecule has 0 aromatic rings. The van der Waals surface area contributed by atoms with Crippen molar-refractivity contribution in [2.45, 2.75) is 45.0 Å². The van der Waals surface area contributed by atoms with Gasteiger partial charge in [0.2, 0.25) is 0 Å². The Hall–Kier alpha value is -0.610. The molecule has 2 unspecified atom stereocenters. The summed E-state index contributed by atoms with van der Waals surface area (Å²) in [7, 11) is 0. The average Bonchev–Trinajstić information content (AvgIpc) is 2.18. The van der Waals surface area contributed by atoms with Crippen molar-refractivity contribution in [3.63, 3.8) is 0 Å². The van der Waals surface area contributed by atoms with E-state index in [-0.39, 0.29) is 12.3 Å². The van der Waals surface area contributed by atoms with E-state index >= 15 is 0 Å². The minimum Gasteiger partial charge on any atom is -0.241 e. The van der Waals surface area contributed by atoms with E-state index in [2.05, 4.69) is 0 Å². The van der Waals surface area contributed by atoms with E-state index in [0.29, 0.717) is 0 Å². The number of rotatable bonds is 2. The van der Waals surface area contributed by atoms with E-state index in [1.54, 1.807) is 13.8 Å². The number of halogens is 5. The number of alkyl halides is 4. The first-order chi connectivity index (χ1) is 6.86. The van der Waals surface area contributed by atoms with Crippen LogP contribution < -0.4 is 0 Å². The second-order valence-electron chi connectivity index (χ2n) is 4.16. The minimum absolute atomic E-state index is 0.0967. The molecule has 15 heavy (non-hydrogen) atoms. The summed E-state index contributed by atoms with van der Waals surface area (Å²) >= 11 is 0. The molecule has 0 spiro atoms. The van der Waals surface area contributed by atoms with Crippen LogP contribution in [-0.4, -0.2) is 24.7 Å². The highest BCUT2D eigenvalue weighted by Crippen LogP contribution is 2.37. The molecule has 88 valence electrons. The van der Waals surface area contributed by atoms with Crippen LogP contribution in [0, 0.1) is 5.92 Å². The second-order valence-corrected chi connectivity index (χ2v) is 4.16. The third-order valence-corrected chi connectivity index (χ3v) is 2.37. The molecule has 0 heterocycles. The third-order valence-electron chi connectivity index (χ3n) is 2.37. The number of hydrogen-bond acceptors (Lipinski definition) is 0. The van der Waals surface area contributed by atoms with Crippen LogP contribution in [0.25, 0.3) is 0 Å². The van der Waals surface area contributed by atoms with E-state index in [0.717, 1.165) is 0 Å². The molecule has 0 saturated heterocycles. The van der Waals surface area contributed by atoms with E-state index in [1.807, 2.05) is 0 Å². The summed E-state index contributed by atoms with van der Waals surface area (Å²) < 4.78 is 64.8. The van der Waals surface area contributed by atoms with Gasteiger partial charge < -0.3 is 0 Å². The number of hydrogen-bond donors (Lipinski definition) is 0. The van der Waals surface area contributed by atoms with Gasteiger partial charge in [0, 0.05) is 5.57 Å². The van der Waals surface area contributed by atoms with E-state index < -0.39 is 36.1 Å². The lowest BCUT2D eigenvalue weighted by molar-refractivity contribution is 0.0286. The molecule has 0 amide bonds. The molecule has 0 nitrogen and oxygen atoms in total. The molecule has 1 rings (SSSR count). The van der Waals surface area contributed by atoms with Crippen LogP contribution in [0.15, 0.2) is 11.4 Å². The Morgan fingerprint density at radius 3 is 1.93 bits per heavy atom. The van der Waals surface area contributed by atoms with Crippen LogP contribution in [0.1, 0.15) is 20.3 Å². The van der Waals surface area contributed by atoms with E-state index in [1.165, 1.54) is 0 Å². The molecule has 0 saturated carbocycles. The van der Waals surface area contributed by atoms with E-state index in [4.69, 9.17) is 0 Å². The zero-order chi connectivity index (χ0) is 11.7. The first kappa shape index (κ1) is 12.5. The topological polar surface area (TPSA) is 0 Å². The Balaban J connectivity index is 2.98. The first-order valence-corrected chi connectivity index (χ1v) is 4.81. The van der Waals surface area contributed by atoms with Crippen LogP contribution in [0.2, 0.25) is 0 Å². The fourth-order valence-corrected chi connectivity index (χ4v) is 1.61. The van der Waals surface area contributed by atoms with Gasteiger partial charge in [0.25, 0.3) is 0 Å². The van der Waals surface area contributed by atoms with Gasteiger partial charge in [-0.2, -0.15) is 0 Å². The van der Waals surface area contributed by atoms with Gasteiger partial charge in [-0.25, -0.2) is 22.0 Å². The molecule has 5 heteroatoms. The Labute approximate surface area is 85.2 Å². The zero-order valence-corrected chi connectivity index (χ0v) is 8.48. The summed E-state index contributed by atoms with van der Waals surface area (Å²) in [6.45, 7) is 3.32. The summed E-state index contributed by atoms with van der Waals surface area (Å²) in [6, 6.07) is 0. The largest absolute Gasteiger partial charge is 0.241 e. The Kier molecular flexibility index (Phi) is 3.73. The first-order valence-electron chi connectivity index (χ1n) is 4.81. The van der Waals surface area contributed by atoms with Crippen molar-refractivity contribution in [3.8, 4) is 0 Å². The van der Waals surface area contributed by atoms with Crippen molar-refractivity contribution in [2.24, 2.45) is 5.92 Å². The molecule has 0 aromatic heterocycles. The summed E-state index contributed by atoms with van der Waals surface area (Å²) in [6.07, 6.45) is -10.5. The molecule has 1 aliphatic rings. The van der Waals surface area contributed by atoms with Gasteiger partial charge in [0.15, 0.2) is 24.7 Å². The monoisotopic (exact) mass is 228 g/mol. The lowest BCUT2D eigenvalue weighted by Gasteiger charge is -2.29. The van der Waals surface area contributed by atoms with Gasteiger partial charge in [0.05, 0.1) is 0 Å². The van der Waals surface area contributed by atoms with Gasteiger partial charge in [-0.05, 0) is 12.3 Å². The van der Waals surface area contributed by atoms with Crippen molar-refractivity contribution in [3.05, 3.63) is 11.4 Å². The van der Waals surface area contributed by atoms with Gasteiger partial charge >= 0.3 is 0 Å². The van der Waals surface area contributed by atoms with Crippen molar-refractivity contribution < 1.29 is 22.0 Å². The van der Waals surface area contributed by atoms with Crippen LogP contribution in [0.4, 0.5) is 22.0 Å². The molecule has 0 radical (unpaired) electrons. The van der Waals surface area contributed by atoms with Crippen LogP contribution in [-0.2, 0) is 0 Å². The average molecular weight is 228 g/mol. The summed E-state index contributed by atoms with van der Waals surface area (Å²) in [5.74, 6) is -1.61. The maximum absolute atomic E-state index is 13.2. The van der Waals surface area contributed by atoms with Crippen LogP contribution in [0.3, 0.4) is 0 Å². The zero-order valence-electron chi connectivity index (χ0n) is 8.48. The highest BCUT2D eigenvalue weighted by atomic mass is 19.2. The smallest absolute Gasteiger partial charge is 0.185 e. The standard InChI is InChI=1S/C10H13F5/c1-4(2)3-5-6(11)8(13)10(15)9(14)7(5)12/h4,6,8-10H,3H2,1-2H3/t6-,8?,9+,10?/m1/s1. The van der Waals surface area contributed by atoms with Gasteiger partial charge in [0.1, 0.15) is 5.83 Å². The molecule has 1 aliphatic carbocycles. The summed E-state index contributed by atoms with van der Waals surface area (Å²) in [5.41, 5.74) is -0.570. The highest BCUT2D eigenvalue weighted by Gasteiger charge is 2.46. The molecule has 0 aromatic carbocycles. The normalized spacial score (nSPS) is 37.6. The van der Waals surface area contributed by atoms with Crippen LogP contribution >= 0.6 is 0 Å². The molecule has 0 bridgehead atoms. The number of allylic oxidation sites excluding steroid dienone is 2. The lowest BCUT2D eigenvalue weighted by atomic mass is 9.87. The minimum atomic E-state index is -2.74. The second kappa shape index (κ2) is 4.49. The van der Waals surface area contributed by atoms with Gasteiger partial charge in [-0.15, -0.1) is 0 Å². The van der Waals surface area contributed by atoms with E-state index in [9.17, 15) is 22.0 Å².